The summed E-state index contributed by atoms with van der Waals surface area (Å²) in [6, 6.07) is 15.2. The lowest BCUT2D eigenvalue weighted by Gasteiger charge is -2.44. The first-order valence-electron chi connectivity index (χ1n) is 11.8. The number of benzene rings is 2. The number of ether oxygens (including phenoxy) is 1. The summed E-state index contributed by atoms with van der Waals surface area (Å²) in [5.74, 6) is 2.00. The van der Waals surface area contributed by atoms with Crippen molar-refractivity contribution in [3.63, 3.8) is 0 Å². The van der Waals surface area contributed by atoms with Crippen LogP contribution < -0.4 is 20.9 Å². The van der Waals surface area contributed by atoms with Gasteiger partial charge in [-0.05, 0) is 67.0 Å². The second kappa shape index (κ2) is 9.63. The fourth-order valence-electron chi connectivity index (χ4n) is 5.56. The molecule has 6 nitrogen and oxygen atoms in total. The van der Waals surface area contributed by atoms with Crippen LogP contribution in [-0.4, -0.2) is 42.5 Å². The Kier molecular flexibility index (Phi) is 6.44. The van der Waals surface area contributed by atoms with E-state index in [-0.39, 0.29) is 17.8 Å². The molecule has 5 rings (SSSR count). The fourth-order valence-corrected chi connectivity index (χ4v) is 5.56. The van der Waals surface area contributed by atoms with Crippen LogP contribution in [0, 0.1) is 17.7 Å². The van der Waals surface area contributed by atoms with E-state index in [0.29, 0.717) is 35.4 Å². The minimum atomic E-state index is -0.313. The number of amides is 1. The maximum atomic E-state index is 13.4. The van der Waals surface area contributed by atoms with Gasteiger partial charge in [0.1, 0.15) is 17.3 Å². The number of piperidine rings is 2. The van der Waals surface area contributed by atoms with E-state index in [9.17, 15) is 9.18 Å². The molecule has 174 valence electrons. The number of nitrogens with one attached hydrogen (secondary N) is 3. The van der Waals surface area contributed by atoms with Crippen molar-refractivity contribution in [3.05, 3.63) is 72.6 Å². The molecule has 0 aliphatic carbocycles. The molecule has 3 saturated heterocycles. The first-order valence-corrected chi connectivity index (χ1v) is 11.8. The molecule has 33 heavy (non-hydrogen) atoms. The van der Waals surface area contributed by atoms with E-state index in [4.69, 9.17) is 4.74 Å². The first kappa shape index (κ1) is 22.1. The largest absolute Gasteiger partial charge is 0.457 e. The molecule has 3 aliphatic heterocycles. The molecule has 4 atom stereocenters. The highest BCUT2D eigenvalue weighted by atomic mass is 19.1. The second-order valence-corrected chi connectivity index (χ2v) is 9.29. The molecular formula is C26H31FN4O2. The van der Waals surface area contributed by atoms with E-state index in [1.807, 2.05) is 17.0 Å². The highest BCUT2D eigenvalue weighted by Crippen LogP contribution is 2.37. The molecule has 7 heteroatoms. The van der Waals surface area contributed by atoms with Gasteiger partial charge in [-0.2, -0.15) is 0 Å². The average molecular weight is 451 g/mol. The third kappa shape index (κ3) is 4.81. The fraction of sp³-hybridized carbons (Fsp3) is 0.423. The van der Waals surface area contributed by atoms with Crippen molar-refractivity contribution in [2.24, 2.45) is 11.8 Å². The number of hydrogen-bond acceptors (Lipinski definition) is 5. The van der Waals surface area contributed by atoms with E-state index >= 15 is 0 Å². The van der Waals surface area contributed by atoms with Crippen LogP contribution in [0.2, 0.25) is 0 Å². The molecule has 0 radical (unpaired) electrons. The summed E-state index contributed by atoms with van der Waals surface area (Å²) in [5, 5.41) is 3.93. The first-order chi connectivity index (χ1) is 16.1. The number of carbonyl (C=O) groups is 1. The number of fused-ring (bicyclic) bond motifs is 1. The van der Waals surface area contributed by atoms with Crippen molar-refractivity contribution < 1.29 is 13.9 Å². The highest BCUT2D eigenvalue weighted by Gasteiger charge is 2.43. The Hall–Kier alpha value is -2.74. The van der Waals surface area contributed by atoms with Gasteiger partial charge in [0.05, 0.1) is 0 Å². The Balaban J connectivity index is 1.28. The summed E-state index contributed by atoms with van der Waals surface area (Å²) in [6.45, 7) is 6.18. The van der Waals surface area contributed by atoms with E-state index < -0.39 is 0 Å². The SMILES string of the molecule is C=CC(=O)N1CCC(C2CC3CNNC3C(c3ccc(Oc4cccc(F)c4)cc3)N2)CC1. The van der Waals surface area contributed by atoms with Crippen LogP contribution in [0.3, 0.4) is 0 Å². The van der Waals surface area contributed by atoms with Gasteiger partial charge in [-0.1, -0.05) is 24.8 Å². The maximum absolute atomic E-state index is 13.4. The molecule has 0 aromatic heterocycles. The Morgan fingerprint density at radius 2 is 1.88 bits per heavy atom. The molecule has 2 aromatic carbocycles. The summed E-state index contributed by atoms with van der Waals surface area (Å²) < 4.78 is 19.3. The lowest BCUT2D eigenvalue weighted by molar-refractivity contribution is -0.127. The predicted molar refractivity (Wildman–Crippen MR) is 125 cm³/mol. The van der Waals surface area contributed by atoms with Crippen molar-refractivity contribution in [3.8, 4) is 11.5 Å². The maximum Gasteiger partial charge on any atom is 0.245 e. The Labute approximate surface area is 194 Å². The summed E-state index contributed by atoms with van der Waals surface area (Å²) >= 11 is 0. The minimum Gasteiger partial charge on any atom is -0.457 e. The van der Waals surface area contributed by atoms with Gasteiger partial charge in [0.15, 0.2) is 0 Å². The normalized spacial score (nSPS) is 27.7. The van der Waals surface area contributed by atoms with Gasteiger partial charge < -0.3 is 15.0 Å². The number of hydrogen-bond donors (Lipinski definition) is 3. The molecular weight excluding hydrogens is 419 g/mol. The quantitative estimate of drug-likeness (QED) is 0.608. The monoisotopic (exact) mass is 450 g/mol. The third-order valence-corrected chi connectivity index (χ3v) is 7.32. The van der Waals surface area contributed by atoms with Gasteiger partial charge in [0.2, 0.25) is 5.91 Å². The number of hydrazine groups is 1. The van der Waals surface area contributed by atoms with Gasteiger partial charge in [0, 0.05) is 43.8 Å². The van der Waals surface area contributed by atoms with Gasteiger partial charge in [-0.3, -0.25) is 15.6 Å². The second-order valence-electron chi connectivity index (χ2n) is 9.29. The zero-order valence-electron chi connectivity index (χ0n) is 18.7. The number of likely N-dealkylation sites (tertiary alicyclic amines) is 1. The molecule has 2 aromatic rings. The summed E-state index contributed by atoms with van der Waals surface area (Å²) in [5.41, 5.74) is 8.03. The zero-order valence-corrected chi connectivity index (χ0v) is 18.7. The predicted octanol–water partition coefficient (Wildman–Crippen LogP) is 3.54. The molecule has 1 amide bonds. The molecule has 4 unspecified atom stereocenters. The van der Waals surface area contributed by atoms with Crippen LogP contribution in [0.4, 0.5) is 4.39 Å². The van der Waals surface area contributed by atoms with Gasteiger partial charge in [-0.15, -0.1) is 0 Å². The third-order valence-electron chi connectivity index (χ3n) is 7.32. The van der Waals surface area contributed by atoms with Crippen LogP contribution in [0.15, 0.2) is 61.2 Å². The van der Waals surface area contributed by atoms with Gasteiger partial charge >= 0.3 is 0 Å². The Bertz CT molecular complexity index is 990. The minimum absolute atomic E-state index is 0.0349. The van der Waals surface area contributed by atoms with E-state index in [0.717, 1.165) is 38.9 Å². The van der Waals surface area contributed by atoms with Crippen molar-refractivity contribution in [2.75, 3.05) is 19.6 Å². The van der Waals surface area contributed by atoms with E-state index in [1.54, 1.807) is 12.1 Å². The standard InChI is InChI=1S/C26H31FN4O2/c1-2-24(32)31-12-10-17(11-13-31)23-14-19-16-28-30-26(19)25(29-23)18-6-8-21(9-7-18)33-22-5-3-4-20(27)15-22/h2-9,15,17,19,23,25-26,28-30H,1,10-14,16H2. The number of nitrogens with zero attached hydrogens (tertiary/aromatic N) is 1. The van der Waals surface area contributed by atoms with Crippen molar-refractivity contribution >= 4 is 5.91 Å². The van der Waals surface area contributed by atoms with Crippen LogP contribution in [0.25, 0.3) is 0 Å². The number of carbonyl (C=O) groups excluding carboxylic acids is 1. The molecule has 3 N–H and O–H groups in total. The lowest BCUT2D eigenvalue weighted by Crippen LogP contribution is -2.55. The topological polar surface area (TPSA) is 65.6 Å². The van der Waals surface area contributed by atoms with Crippen LogP contribution in [0.5, 0.6) is 11.5 Å². The van der Waals surface area contributed by atoms with Gasteiger partial charge in [-0.25, -0.2) is 4.39 Å². The molecule has 0 bridgehead atoms. The Morgan fingerprint density at radius 1 is 1.09 bits per heavy atom. The summed E-state index contributed by atoms with van der Waals surface area (Å²) in [7, 11) is 0. The van der Waals surface area contributed by atoms with Crippen molar-refractivity contribution in [1.29, 1.82) is 0 Å². The zero-order chi connectivity index (χ0) is 22.8. The lowest BCUT2D eigenvalue weighted by atomic mass is 9.76. The highest BCUT2D eigenvalue weighted by molar-refractivity contribution is 5.87. The smallest absolute Gasteiger partial charge is 0.245 e. The van der Waals surface area contributed by atoms with Crippen molar-refractivity contribution in [1.82, 2.24) is 21.1 Å². The summed E-state index contributed by atoms with van der Waals surface area (Å²) in [4.78, 5) is 13.8. The van der Waals surface area contributed by atoms with Crippen molar-refractivity contribution in [2.45, 2.75) is 37.4 Å². The van der Waals surface area contributed by atoms with Crippen LogP contribution >= 0.6 is 0 Å². The molecule has 3 heterocycles. The average Bonchev–Trinajstić information content (AvgIpc) is 3.32. The summed E-state index contributed by atoms with van der Waals surface area (Å²) in [6.07, 6.45) is 4.57. The molecule has 3 fully saturated rings. The molecule has 3 aliphatic rings. The van der Waals surface area contributed by atoms with Gasteiger partial charge in [0.25, 0.3) is 0 Å². The van der Waals surface area contributed by atoms with Crippen LogP contribution in [-0.2, 0) is 4.79 Å². The van der Waals surface area contributed by atoms with E-state index in [1.165, 1.54) is 23.8 Å². The number of halogens is 1. The molecule has 0 saturated carbocycles. The van der Waals surface area contributed by atoms with E-state index in [2.05, 4.69) is 34.9 Å². The Morgan fingerprint density at radius 3 is 2.61 bits per heavy atom. The van der Waals surface area contributed by atoms with Crippen LogP contribution in [0.1, 0.15) is 30.9 Å². The number of rotatable bonds is 5. The molecule has 0 spiro atoms.